The fourth-order valence-corrected chi connectivity index (χ4v) is 6.64. The molecule has 0 unspecified atom stereocenters. The van der Waals surface area contributed by atoms with E-state index in [9.17, 15) is 9.59 Å². The molecule has 3 fully saturated rings. The number of hydrogen-bond acceptors (Lipinski definition) is 8. The van der Waals surface area contributed by atoms with Crippen LogP contribution >= 0.6 is 0 Å². The zero-order valence-electron chi connectivity index (χ0n) is 18.6. The zero-order valence-corrected chi connectivity index (χ0v) is 18.6. The van der Waals surface area contributed by atoms with E-state index in [-0.39, 0.29) is 48.4 Å². The molecule has 1 saturated heterocycles. The van der Waals surface area contributed by atoms with Gasteiger partial charge in [0, 0.05) is 29.5 Å². The van der Waals surface area contributed by atoms with Gasteiger partial charge in [-0.25, -0.2) is 4.90 Å². The van der Waals surface area contributed by atoms with E-state index in [1.54, 1.807) is 32.4 Å². The molecule has 0 aromatic heterocycles. The van der Waals surface area contributed by atoms with Crippen LogP contribution in [0.25, 0.3) is 0 Å². The van der Waals surface area contributed by atoms with Gasteiger partial charge in [-0.1, -0.05) is 5.16 Å². The molecule has 34 heavy (non-hydrogen) atoms. The third kappa shape index (κ3) is 2.41. The lowest BCUT2D eigenvalue weighted by Gasteiger charge is -2.30. The van der Waals surface area contributed by atoms with Crippen LogP contribution in [0.4, 0.5) is 5.69 Å². The molecule has 2 aromatic carbocycles. The van der Waals surface area contributed by atoms with Gasteiger partial charge in [-0.15, -0.1) is 0 Å². The zero-order chi connectivity index (χ0) is 23.1. The van der Waals surface area contributed by atoms with Crippen molar-refractivity contribution >= 4 is 23.2 Å². The lowest BCUT2D eigenvalue weighted by molar-refractivity contribution is -0.125. The normalized spacial score (nSPS) is 31.9. The molecule has 6 atom stereocenters. The number of hydrogen-bond donors (Lipinski definition) is 0. The summed E-state index contributed by atoms with van der Waals surface area (Å²) in [5, 5.41) is 4.42. The maximum absolute atomic E-state index is 13.6. The number of anilines is 1. The number of benzene rings is 2. The van der Waals surface area contributed by atoms with Crippen molar-refractivity contribution in [3.05, 3.63) is 42.0 Å². The summed E-state index contributed by atoms with van der Waals surface area (Å²) in [6.07, 6.45) is 0.552. The lowest BCUT2D eigenvalue weighted by atomic mass is 9.71. The summed E-state index contributed by atoms with van der Waals surface area (Å²) in [5.41, 5.74) is 2.12. The van der Waals surface area contributed by atoms with E-state index in [1.807, 2.05) is 18.2 Å². The van der Waals surface area contributed by atoms with E-state index < -0.39 is 5.92 Å². The summed E-state index contributed by atoms with van der Waals surface area (Å²) >= 11 is 0. The summed E-state index contributed by atoms with van der Waals surface area (Å²) in [7, 11) is 3.21. The first-order valence-corrected chi connectivity index (χ1v) is 11.3. The maximum Gasteiger partial charge on any atom is 0.238 e. The Labute approximate surface area is 195 Å². The Hall–Kier alpha value is -3.75. The highest BCUT2D eigenvalue weighted by atomic mass is 16.7. The quantitative estimate of drug-likeness (QED) is 0.645. The Bertz CT molecular complexity index is 1270. The van der Waals surface area contributed by atoms with Crippen molar-refractivity contribution in [1.29, 1.82) is 0 Å². The molecule has 174 valence electrons. The Morgan fingerprint density at radius 3 is 2.50 bits per heavy atom. The molecule has 2 saturated carbocycles. The molecule has 0 radical (unpaired) electrons. The number of amides is 2. The number of carbonyl (C=O) groups is 2. The molecule has 5 aliphatic rings. The lowest BCUT2D eigenvalue weighted by Crippen LogP contribution is -2.41. The maximum atomic E-state index is 13.6. The standard InChI is InChI=1S/C25H22N2O7/c1-30-12-4-5-13(17(8-12)31-2)22-21-14-9-15(23(21)34-26-22)20-19(14)24(28)27(25(20)29)11-3-6-16-18(7-11)33-10-32-16/h3-8,14-15,19-21,23H,9-10H2,1-2H3/t14-,15+,19+,20-,21+,23+/m1/s1. The molecule has 3 aliphatic heterocycles. The van der Waals surface area contributed by atoms with E-state index in [2.05, 4.69) is 5.16 Å². The number of methoxy groups -OCH3 is 2. The molecule has 0 spiro atoms. The van der Waals surface area contributed by atoms with E-state index in [0.717, 1.165) is 17.7 Å². The molecule has 9 nitrogen and oxygen atoms in total. The van der Waals surface area contributed by atoms with Crippen molar-refractivity contribution in [2.45, 2.75) is 12.5 Å². The number of carbonyl (C=O) groups excluding carboxylic acids is 2. The Morgan fingerprint density at radius 1 is 0.912 bits per heavy atom. The molecule has 9 heteroatoms. The van der Waals surface area contributed by atoms with Crippen molar-refractivity contribution in [1.82, 2.24) is 0 Å². The fraction of sp³-hybridized carbons (Fsp3) is 0.400. The van der Waals surface area contributed by atoms with Crippen LogP contribution in [0.15, 0.2) is 41.6 Å². The number of imide groups is 1. The minimum Gasteiger partial charge on any atom is -0.497 e. The van der Waals surface area contributed by atoms with Gasteiger partial charge >= 0.3 is 0 Å². The Morgan fingerprint density at radius 2 is 1.71 bits per heavy atom. The van der Waals surface area contributed by atoms with Crippen LogP contribution in [0.1, 0.15) is 12.0 Å². The molecule has 2 amide bonds. The average Bonchev–Trinajstić information content (AvgIpc) is 3.65. The van der Waals surface area contributed by atoms with Gasteiger partial charge in [0.25, 0.3) is 0 Å². The van der Waals surface area contributed by atoms with Gasteiger partial charge in [0.2, 0.25) is 18.6 Å². The SMILES string of the molecule is COc1ccc(C2=NO[C@H]3[C@H]4C[C@@H]([C@@H]23)[C@@H]2C(=O)N(c3ccc5c(c3)OCO5)C(=O)[C@H]42)c(OC)c1. The summed E-state index contributed by atoms with van der Waals surface area (Å²) in [6, 6.07) is 10.8. The summed E-state index contributed by atoms with van der Waals surface area (Å²) in [4.78, 5) is 34.4. The highest BCUT2D eigenvalue weighted by molar-refractivity contribution is 6.23. The predicted octanol–water partition coefficient (Wildman–Crippen LogP) is 2.61. The first-order chi connectivity index (χ1) is 16.6. The van der Waals surface area contributed by atoms with Crippen LogP contribution in [0, 0.1) is 29.6 Å². The highest BCUT2D eigenvalue weighted by Gasteiger charge is 2.70. The number of rotatable bonds is 4. The topological polar surface area (TPSA) is 95.9 Å². The third-order valence-corrected chi connectivity index (χ3v) is 7.99. The van der Waals surface area contributed by atoms with Gasteiger partial charge in [-0.05, 0) is 36.6 Å². The van der Waals surface area contributed by atoms with Gasteiger partial charge in [-0.2, -0.15) is 0 Å². The van der Waals surface area contributed by atoms with E-state index in [0.29, 0.717) is 28.7 Å². The highest BCUT2D eigenvalue weighted by Crippen LogP contribution is 2.62. The van der Waals surface area contributed by atoms with Gasteiger partial charge in [0.15, 0.2) is 11.5 Å². The van der Waals surface area contributed by atoms with Gasteiger partial charge in [-0.3, -0.25) is 9.59 Å². The van der Waals surface area contributed by atoms with Crippen molar-refractivity contribution in [2.75, 3.05) is 25.9 Å². The van der Waals surface area contributed by atoms with Crippen LogP contribution < -0.4 is 23.8 Å². The minimum absolute atomic E-state index is 0.0245. The first-order valence-electron chi connectivity index (χ1n) is 11.3. The Kier molecular flexibility index (Phi) is 3.99. The number of oxime groups is 1. The largest absolute Gasteiger partial charge is 0.497 e. The minimum atomic E-state index is -0.392. The summed E-state index contributed by atoms with van der Waals surface area (Å²) in [5.74, 6) is 1.22. The van der Waals surface area contributed by atoms with Crippen molar-refractivity contribution in [3.63, 3.8) is 0 Å². The number of nitrogens with zero attached hydrogens (tertiary/aromatic N) is 2. The van der Waals surface area contributed by atoms with Gasteiger partial charge in [0.05, 0.1) is 37.5 Å². The number of ether oxygens (including phenoxy) is 4. The van der Waals surface area contributed by atoms with Crippen LogP contribution in [0.5, 0.6) is 23.0 Å². The van der Waals surface area contributed by atoms with Crippen molar-refractivity contribution < 1.29 is 33.4 Å². The molecule has 2 bridgehead atoms. The molecule has 7 rings (SSSR count). The second-order valence-corrected chi connectivity index (χ2v) is 9.30. The molecule has 0 N–H and O–H groups in total. The second kappa shape index (κ2) is 6.88. The molecular formula is C25H22N2O7. The summed E-state index contributed by atoms with van der Waals surface area (Å²) in [6.45, 7) is 0.133. The Balaban J connectivity index is 1.23. The predicted molar refractivity (Wildman–Crippen MR) is 118 cm³/mol. The van der Waals surface area contributed by atoms with Gasteiger partial charge in [0.1, 0.15) is 17.6 Å². The van der Waals surface area contributed by atoms with Crippen LogP contribution in [0.3, 0.4) is 0 Å². The fourth-order valence-electron chi connectivity index (χ4n) is 6.64. The van der Waals surface area contributed by atoms with Gasteiger partial charge < -0.3 is 23.8 Å². The molecular weight excluding hydrogens is 440 g/mol. The van der Waals surface area contributed by atoms with Crippen molar-refractivity contribution in [3.8, 4) is 23.0 Å². The second-order valence-electron chi connectivity index (χ2n) is 9.30. The van der Waals surface area contributed by atoms with Crippen LogP contribution in [-0.2, 0) is 14.4 Å². The smallest absolute Gasteiger partial charge is 0.238 e. The van der Waals surface area contributed by atoms with E-state index in [4.69, 9.17) is 23.8 Å². The molecule has 2 aliphatic carbocycles. The van der Waals surface area contributed by atoms with Crippen LogP contribution in [-0.4, -0.2) is 44.6 Å². The van der Waals surface area contributed by atoms with Crippen molar-refractivity contribution in [2.24, 2.45) is 34.7 Å². The molecule has 3 heterocycles. The third-order valence-electron chi connectivity index (χ3n) is 7.99. The monoisotopic (exact) mass is 462 g/mol. The summed E-state index contributed by atoms with van der Waals surface area (Å²) < 4.78 is 21.7. The first kappa shape index (κ1) is 19.7. The number of fused-ring (bicyclic) bond motifs is 9. The average molecular weight is 462 g/mol. The van der Waals surface area contributed by atoms with Crippen LogP contribution in [0.2, 0.25) is 0 Å². The van der Waals surface area contributed by atoms with E-state index in [1.165, 1.54) is 4.90 Å². The molecule has 2 aromatic rings. The van der Waals surface area contributed by atoms with E-state index >= 15 is 0 Å².